The van der Waals surface area contributed by atoms with Gasteiger partial charge in [0, 0.05) is 11.6 Å². The minimum atomic E-state index is -0.372. The Morgan fingerprint density at radius 1 is 1.50 bits per heavy atom. The van der Waals surface area contributed by atoms with Crippen molar-refractivity contribution in [2.24, 2.45) is 0 Å². The topological polar surface area (TPSA) is 32.3 Å². The second-order valence-corrected chi connectivity index (χ2v) is 5.44. The highest BCUT2D eigenvalue weighted by Crippen LogP contribution is 2.22. The smallest absolute Gasteiger partial charge is 0.137 e. The van der Waals surface area contributed by atoms with Crippen LogP contribution in [0.25, 0.3) is 0 Å². The lowest BCUT2D eigenvalue weighted by Crippen LogP contribution is -2.43. The molecule has 0 saturated carbocycles. The Bertz CT molecular complexity index is 368. The Morgan fingerprint density at radius 2 is 2.12 bits per heavy atom. The van der Waals surface area contributed by atoms with Crippen molar-refractivity contribution in [3.63, 3.8) is 0 Å². The third-order valence-corrected chi connectivity index (χ3v) is 3.09. The maximum atomic E-state index is 13.3. The minimum Gasteiger partial charge on any atom is -0.394 e. The molecule has 0 aliphatic carbocycles. The Labute approximate surface area is 104 Å². The molecule has 0 amide bonds. The molecular weight excluding hydrogens is 273 g/mol. The van der Waals surface area contributed by atoms with Crippen LogP contribution >= 0.6 is 15.9 Å². The van der Waals surface area contributed by atoms with Crippen molar-refractivity contribution in [1.82, 2.24) is 5.32 Å². The van der Waals surface area contributed by atoms with Crippen LogP contribution in [0, 0.1) is 5.82 Å². The Morgan fingerprint density at radius 3 is 2.62 bits per heavy atom. The molecule has 16 heavy (non-hydrogen) atoms. The molecule has 0 radical (unpaired) electrons. The van der Waals surface area contributed by atoms with Crippen LogP contribution in [0.15, 0.2) is 22.7 Å². The number of aliphatic hydroxyl groups is 1. The van der Waals surface area contributed by atoms with E-state index in [1.165, 1.54) is 6.07 Å². The maximum Gasteiger partial charge on any atom is 0.137 e. The van der Waals surface area contributed by atoms with Gasteiger partial charge in [0.15, 0.2) is 0 Å². The minimum absolute atomic E-state index is 0.00949. The van der Waals surface area contributed by atoms with Crippen LogP contribution in [-0.4, -0.2) is 17.3 Å². The number of aliphatic hydroxyl groups excluding tert-OH is 1. The second kappa shape index (κ2) is 5.25. The van der Waals surface area contributed by atoms with Crippen molar-refractivity contribution < 1.29 is 9.50 Å². The maximum absolute atomic E-state index is 13.3. The van der Waals surface area contributed by atoms with Crippen molar-refractivity contribution >= 4 is 15.9 Å². The molecule has 4 heteroatoms. The van der Waals surface area contributed by atoms with Crippen LogP contribution in [-0.2, 0) is 0 Å². The molecule has 0 aliphatic heterocycles. The number of benzene rings is 1. The van der Waals surface area contributed by atoms with Crippen LogP contribution in [0.2, 0.25) is 0 Å². The SMILES string of the molecule is CC(NC(C)(C)CO)c1ccc(Br)c(F)c1. The Hall–Kier alpha value is -0.450. The molecule has 1 aromatic carbocycles. The van der Waals surface area contributed by atoms with Crippen molar-refractivity contribution in [2.75, 3.05) is 6.61 Å². The highest BCUT2D eigenvalue weighted by atomic mass is 79.9. The fourth-order valence-corrected chi connectivity index (χ4v) is 1.74. The lowest BCUT2D eigenvalue weighted by atomic mass is 10.0. The summed E-state index contributed by atoms with van der Waals surface area (Å²) in [5.41, 5.74) is 0.491. The molecule has 2 nitrogen and oxygen atoms in total. The molecule has 1 atom stereocenters. The van der Waals surface area contributed by atoms with Crippen molar-refractivity contribution in [2.45, 2.75) is 32.4 Å². The third kappa shape index (κ3) is 3.54. The molecule has 0 bridgehead atoms. The first-order valence-corrected chi connectivity index (χ1v) is 5.98. The second-order valence-electron chi connectivity index (χ2n) is 4.58. The van der Waals surface area contributed by atoms with Crippen molar-refractivity contribution in [3.05, 3.63) is 34.1 Å². The van der Waals surface area contributed by atoms with Gasteiger partial charge in [-0.3, -0.25) is 0 Å². The average molecular weight is 290 g/mol. The zero-order valence-corrected chi connectivity index (χ0v) is 11.3. The van der Waals surface area contributed by atoms with Gasteiger partial charge in [0.2, 0.25) is 0 Å². The predicted molar refractivity (Wildman–Crippen MR) is 66.8 cm³/mol. The molecule has 2 N–H and O–H groups in total. The number of nitrogens with one attached hydrogen (secondary N) is 1. The lowest BCUT2D eigenvalue weighted by molar-refractivity contribution is 0.178. The number of halogens is 2. The summed E-state index contributed by atoms with van der Waals surface area (Å²) in [6.07, 6.45) is 0. The first-order chi connectivity index (χ1) is 7.35. The molecule has 1 unspecified atom stereocenters. The standard InChI is InChI=1S/C12H17BrFNO/c1-8(15-12(2,3)7-16)9-4-5-10(13)11(14)6-9/h4-6,8,15-16H,7H2,1-3H3. The lowest BCUT2D eigenvalue weighted by Gasteiger charge is -2.28. The summed E-state index contributed by atoms with van der Waals surface area (Å²) >= 11 is 3.12. The average Bonchev–Trinajstić information content (AvgIpc) is 2.21. The van der Waals surface area contributed by atoms with Gasteiger partial charge in [-0.1, -0.05) is 6.07 Å². The Balaban J connectivity index is 2.81. The molecule has 0 aromatic heterocycles. The molecule has 1 rings (SSSR count). The van der Waals surface area contributed by atoms with E-state index in [1.807, 2.05) is 26.8 Å². The fourth-order valence-electron chi connectivity index (χ4n) is 1.50. The van der Waals surface area contributed by atoms with E-state index in [0.29, 0.717) is 4.47 Å². The Kier molecular flexibility index (Phi) is 4.47. The zero-order valence-electron chi connectivity index (χ0n) is 9.72. The van der Waals surface area contributed by atoms with Gasteiger partial charge in [0.1, 0.15) is 5.82 Å². The predicted octanol–water partition coefficient (Wildman–Crippen LogP) is 3.01. The summed E-state index contributed by atoms with van der Waals surface area (Å²) in [5.74, 6) is -0.270. The van der Waals surface area contributed by atoms with Crippen LogP contribution in [0.3, 0.4) is 0 Å². The van der Waals surface area contributed by atoms with E-state index >= 15 is 0 Å². The number of hydrogen-bond acceptors (Lipinski definition) is 2. The van der Waals surface area contributed by atoms with Crippen LogP contribution < -0.4 is 5.32 Å². The summed E-state index contributed by atoms with van der Waals surface area (Å²) < 4.78 is 13.8. The highest BCUT2D eigenvalue weighted by molar-refractivity contribution is 9.10. The van der Waals surface area contributed by atoms with Crippen molar-refractivity contribution in [3.8, 4) is 0 Å². The van der Waals surface area contributed by atoms with Gasteiger partial charge in [-0.25, -0.2) is 4.39 Å². The first-order valence-electron chi connectivity index (χ1n) is 5.19. The van der Waals surface area contributed by atoms with Gasteiger partial charge in [0.05, 0.1) is 11.1 Å². The molecule has 1 aromatic rings. The van der Waals surface area contributed by atoms with E-state index in [2.05, 4.69) is 21.2 Å². The fraction of sp³-hybridized carbons (Fsp3) is 0.500. The van der Waals surface area contributed by atoms with Gasteiger partial charge in [0.25, 0.3) is 0 Å². The third-order valence-electron chi connectivity index (χ3n) is 2.45. The van der Waals surface area contributed by atoms with E-state index in [9.17, 15) is 4.39 Å². The molecule has 0 saturated heterocycles. The summed E-state index contributed by atoms with van der Waals surface area (Å²) in [6.45, 7) is 5.79. The largest absolute Gasteiger partial charge is 0.394 e. The van der Waals surface area contributed by atoms with E-state index in [1.54, 1.807) is 6.07 Å². The number of hydrogen-bond donors (Lipinski definition) is 2. The van der Waals surface area contributed by atoms with Gasteiger partial charge in [-0.2, -0.15) is 0 Å². The van der Waals surface area contributed by atoms with Gasteiger partial charge in [-0.05, 0) is 54.4 Å². The monoisotopic (exact) mass is 289 g/mol. The zero-order chi connectivity index (χ0) is 12.3. The normalized spacial score (nSPS) is 13.9. The van der Waals surface area contributed by atoms with E-state index < -0.39 is 0 Å². The van der Waals surface area contributed by atoms with Crippen LogP contribution in [0.5, 0.6) is 0 Å². The van der Waals surface area contributed by atoms with E-state index in [-0.39, 0.29) is 24.0 Å². The first kappa shape index (κ1) is 13.6. The van der Waals surface area contributed by atoms with Gasteiger partial charge in [-0.15, -0.1) is 0 Å². The quantitative estimate of drug-likeness (QED) is 0.893. The number of rotatable bonds is 4. The summed E-state index contributed by atoms with van der Waals surface area (Å²) in [6, 6.07) is 5.03. The summed E-state index contributed by atoms with van der Waals surface area (Å²) in [7, 11) is 0. The molecule has 0 spiro atoms. The van der Waals surface area contributed by atoms with Gasteiger partial charge < -0.3 is 10.4 Å². The van der Waals surface area contributed by atoms with E-state index in [4.69, 9.17) is 5.11 Å². The van der Waals surface area contributed by atoms with Crippen LogP contribution in [0.4, 0.5) is 4.39 Å². The molecule has 0 heterocycles. The molecule has 0 fully saturated rings. The molecule has 0 aliphatic rings. The summed E-state index contributed by atoms with van der Waals surface area (Å²) in [5, 5.41) is 12.4. The van der Waals surface area contributed by atoms with Crippen LogP contribution in [0.1, 0.15) is 32.4 Å². The molecule has 90 valence electrons. The van der Waals surface area contributed by atoms with E-state index in [0.717, 1.165) is 5.56 Å². The van der Waals surface area contributed by atoms with Gasteiger partial charge >= 0.3 is 0 Å². The van der Waals surface area contributed by atoms with Crippen molar-refractivity contribution in [1.29, 1.82) is 0 Å². The summed E-state index contributed by atoms with van der Waals surface area (Å²) in [4.78, 5) is 0. The highest BCUT2D eigenvalue weighted by Gasteiger charge is 2.19. The molecular formula is C12H17BrFNO.